The van der Waals surface area contributed by atoms with Gasteiger partial charge in [-0.05, 0) is 45.7 Å². The van der Waals surface area contributed by atoms with E-state index in [-0.39, 0.29) is 0 Å². The van der Waals surface area contributed by atoms with E-state index in [0.29, 0.717) is 11.5 Å². The molecule has 0 N–H and O–H groups in total. The number of hydrogen-bond acceptors (Lipinski definition) is 2. The summed E-state index contributed by atoms with van der Waals surface area (Å²) < 4.78 is 0. The summed E-state index contributed by atoms with van der Waals surface area (Å²) in [7, 11) is 0. The minimum atomic E-state index is -0.421. The molecule has 1 aliphatic rings. The van der Waals surface area contributed by atoms with Crippen LogP contribution in [-0.2, 0) is 9.59 Å². The van der Waals surface area contributed by atoms with Crippen LogP contribution in [0.2, 0.25) is 0 Å². The molecule has 0 amide bonds. The van der Waals surface area contributed by atoms with E-state index in [2.05, 4.69) is 32.0 Å². The zero-order chi connectivity index (χ0) is 14.4. The Morgan fingerprint density at radius 3 is 2.45 bits per heavy atom. The van der Waals surface area contributed by atoms with Crippen molar-refractivity contribution in [1.29, 1.82) is 0 Å². The lowest BCUT2D eigenvalue weighted by Gasteiger charge is -2.10. The van der Waals surface area contributed by atoms with Gasteiger partial charge in [0.2, 0.25) is 11.6 Å². The molecule has 2 nitrogen and oxygen atoms in total. The number of carbonyl (C=O) groups is 2. The van der Waals surface area contributed by atoms with Gasteiger partial charge in [-0.25, -0.2) is 0 Å². The maximum atomic E-state index is 11.8. The van der Waals surface area contributed by atoms with Crippen LogP contribution in [0, 0.1) is 0 Å². The number of hydrogen-bond donors (Lipinski definition) is 0. The highest BCUT2D eigenvalue weighted by Gasteiger charge is 2.18. The minimum absolute atomic E-state index is 0.393. The van der Waals surface area contributed by atoms with Crippen LogP contribution in [-0.4, -0.2) is 11.6 Å². The second kappa shape index (κ2) is 4.41. The van der Waals surface area contributed by atoms with Crippen molar-refractivity contribution in [1.82, 2.24) is 0 Å². The molecule has 20 heavy (non-hydrogen) atoms. The van der Waals surface area contributed by atoms with Crippen molar-refractivity contribution in [2.45, 2.75) is 26.7 Å². The molecule has 0 atom stereocenters. The van der Waals surface area contributed by atoms with Gasteiger partial charge in [-0.1, -0.05) is 44.2 Å². The average Bonchev–Trinajstić information content (AvgIpc) is 2.44. The lowest BCUT2D eigenvalue weighted by Crippen LogP contribution is -2.36. The molecule has 0 heterocycles. The summed E-state index contributed by atoms with van der Waals surface area (Å²) in [6, 6.07) is 10.3. The van der Waals surface area contributed by atoms with Gasteiger partial charge in [0, 0.05) is 5.57 Å². The number of carbonyl (C=O) groups excluding carboxylic acids is 2. The lowest BCUT2D eigenvalue weighted by molar-refractivity contribution is -0.129. The van der Waals surface area contributed by atoms with Crippen molar-refractivity contribution in [3.63, 3.8) is 0 Å². The van der Waals surface area contributed by atoms with Gasteiger partial charge in [-0.3, -0.25) is 9.59 Å². The molecule has 100 valence electrons. The van der Waals surface area contributed by atoms with Crippen LogP contribution in [0.1, 0.15) is 32.3 Å². The normalized spacial score (nSPS) is 14.7. The van der Waals surface area contributed by atoms with Crippen LogP contribution in [0.5, 0.6) is 0 Å². The Hall–Kier alpha value is -2.22. The number of ketones is 2. The number of benzene rings is 2. The van der Waals surface area contributed by atoms with Gasteiger partial charge >= 0.3 is 0 Å². The Labute approximate surface area is 117 Å². The first kappa shape index (κ1) is 12.8. The second-order valence-electron chi connectivity index (χ2n) is 5.62. The van der Waals surface area contributed by atoms with Crippen LogP contribution in [0.15, 0.2) is 30.3 Å². The van der Waals surface area contributed by atoms with E-state index >= 15 is 0 Å². The summed E-state index contributed by atoms with van der Waals surface area (Å²) in [6.07, 6.45) is 1.47. The average molecular weight is 264 g/mol. The van der Waals surface area contributed by atoms with Gasteiger partial charge in [0.25, 0.3) is 0 Å². The highest BCUT2D eigenvalue weighted by atomic mass is 16.2. The molecule has 0 aliphatic heterocycles. The molecule has 0 fully saturated rings. The van der Waals surface area contributed by atoms with Gasteiger partial charge in [0.1, 0.15) is 0 Å². The Balaban J connectivity index is 2.45. The van der Waals surface area contributed by atoms with E-state index in [9.17, 15) is 9.59 Å². The predicted octanol–water partition coefficient (Wildman–Crippen LogP) is 2.07. The topological polar surface area (TPSA) is 34.1 Å². The summed E-state index contributed by atoms with van der Waals surface area (Å²) >= 11 is 0. The molecule has 2 aromatic rings. The highest BCUT2D eigenvalue weighted by molar-refractivity contribution is 6.60. The van der Waals surface area contributed by atoms with Crippen LogP contribution in [0.3, 0.4) is 0 Å². The first-order chi connectivity index (χ1) is 9.49. The van der Waals surface area contributed by atoms with E-state index in [1.807, 2.05) is 12.1 Å². The zero-order valence-corrected chi connectivity index (χ0v) is 11.9. The molecule has 0 spiro atoms. The van der Waals surface area contributed by atoms with E-state index in [1.165, 1.54) is 11.6 Å². The summed E-state index contributed by atoms with van der Waals surface area (Å²) in [6.45, 7) is 6.04. The molecule has 0 saturated carbocycles. The van der Waals surface area contributed by atoms with Gasteiger partial charge in [0.15, 0.2) is 0 Å². The smallest absolute Gasteiger partial charge is 0.229 e. The highest BCUT2D eigenvalue weighted by Crippen LogP contribution is 2.19. The molecule has 2 heteroatoms. The molecular weight excluding hydrogens is 248 g/mol. The maximum absolute atomic E-state index is 11.8. The fraction of sp³-hybridized carbons (Fsp3) is 0.222. The number of rotatable bonds is 1. The van der Waals surface area contributed by atoms with Crippen molar-refractivity contribution in [3.05, 3.63) is 46.3 Å². The molecule has 0 aromatic heterocycles. The lowest BCUT2D eigenvalue weighted by atomic mass is 9.93. The fourth-order valence-corrected chi connectivity index (χ4v) is 2.72. The quantitative estimate of drug-likeness (QED) is 0.739. The molecule has 0 unspecified atom stereocenters. The SMILES string of the molecule is CC1=c2ccc3cc(C(C)C)ccc3c2=CC(=O)C1=O. The van der Waals surface area contributed by atoms with Crippen molar-refractivity contribution >= 4 is 34.0 Å². The molecular formula is C18H16O2. The van der Waals surface area contributed by atoms with Gasteiger partial charge in [0.05, 0.1) is 0 Å². The Kier molecular flexibility index (Phi) is 2.82. The molecule has 3 rings (SSSR count). The largest absolute Gasteiger partial charge is 0.286 e. The van der Waals surface area contributed by atoms with Gasteiger partial charge < -0.3 is 0 Å². The zero-order valence-electron chi connectivity index (χ0n) is 11.9. The van der Waals surface area contributed by atoms with E-state index < -0.39 is 11.6 Å². The molecule has 0 bridgehead atoms. The first-order valence-electron chi connectivity index (χ1n) is 6.83. The van der Waals surface area contributed by atoms with E-state index in [4.69, 9.17) is 0 Å². The summed E-state index contributed by atoms with van der Waals surface area (Å²) in [5, 5.41) is 3.90. The van der Waals surface area contributed by atoms with Gasteiger partial charge in [-0.15, -0.1) is 0 Å². The van der Waals surface area contributed by atoms with E-state index in [1.54, 1.807) is 6.92 Å². The van der Waals surface area contributed by atoms with Crippen molar-refractivity contribution < 1.29 is 9.59 Å². The molecule has 2 aromatic carbocycles. The molecule has 0 saturated heterocycles. The Morgan fingerprint density at radius 2 is 1.75 bits per heavy atom. The number of Topliss-reactive ketones (excluding diaryl/α,β-unsaturated/α-hetero) is 2. The minimum Gasteiger partial charge on any atom is -0.286 e. The Bertz CT molecular complexity index is 870. The number of fused-ring (bicyclic) bond motifs is 3. The summed E-state index contributed by atoms with van der Waals surface area (Å²) in [4.78, 5) is 23.5. The Morgan fingerprint density at radius 1 is 1.00 bits per heavy atom. The molecule has 1 aliphatic carbocycles. The molecule has 0 radical (unpaired) electrons. The fourth-order valence-electron chi connectivity index (χ4n) is 2.72. The van der Waals surface area contributed by atoms with Crippen molar-refractivity contribution in [2.24, 2.45) is 0 Å². The monoisotopic (exact) mass is 264 g/mol. The van der Waals surface area contributed by atoms with E-state index in [0.717, 1.165) is 21.2 Å². The standard InChI is InChI=1S/C18H16O2/c1-10(2)12-4-7-15-13(8-12)5-6-14-11(3)18(20)17(19)9-16(14)15/h4-10H,1-3H3. The van der Waals surface area contributed by atoms with Gasteiger partial charge in [-0.2, -0.15) is 0 Å². The maximum Gasteiger partial charge on any atom is 0.229 e. The first-order valence-corrected chi connectivity index (χ1v) is 6.83. The van der Waals surface area contributed by atoms with Crippen LogP contribution < -0.4 is 10.4 Å². The van der Waals surface area contributed by atoms with Crippen molar-refractivity contribution in [3.8, 4) is 0 Å². The second-order valence-corrected chi connectivity index (χ2v) is 5.62. The van der Waals surface area contributed by atoms with Crippen LogP contribution in [0.25, 0.3) is 22.4 Å². The third kappa shape index (κ3) is 1.80. The summed E-state index contributed by atoms with van der Waals surface area (Å²) in [5.41, 5.74) is 1.82. The van der Waals surface area contributed by atoms with Crippen LogP contribution >= 0.6 is 0 Å². The predicted molar refractivity (Wildman–Crippen MR) is 80.8 cm³/mol. The van der Waals surface area contributed by atoms with Crippen LogP contribution in [0.4, 0.5) is 0 Å². The summed E-state index contributed by atoms with van der Waals surface area (Å²) in [5.74, 6) is -0.345. The van der Waals surface area contributed by atoms with Crippen molar-refractivity contribution in [2.75, 3.05) is 0 Å². The third-order valence-electron chi connectivity index (χ3n) is 4.00. The third-order valence-corrected chi connectivity index (χ3v) is 4.00.